The molecule has 1 atom stereocenters. The molecule has 0 radical (unpaired) electrons. The summed E-state index contributed by atoms with van der Waals surface area (Å²) in [5.41, 5.74) is 3.57. The van der Waals surface area contributed by atoms with E-state index >= 15 is 0 Å². The van der Waals surface area contributed by atoms with Gasteiger partial charge in [-0.1, -0.05) is 54.6 Å². The maximum Gasteiger partial charge on any atom is 0.322 e. The van der Waals surface area contributed by atoms with Crippen LogP contribution in [0.4, 0.5) is 0 Å². The van der Waals surface area contributed by atoms with E-state index in [1.165, 1.54) is 12.1 Å². The number of para-hydroxylation sites is 2. The van der Waals surface area contributed by atoms with E-state index in [-0.39, 0.29) is 11.3 Å². The van der Waals surface area contributed by atoms with Crippen molar-refractivity contribution in [2.24, 2.45) is 0 Å². The zero-order valence-corrected chi connectivity index (χ0v) is 18.3. The molecular weight excluding hydrogens is 426 g/mol. The molecule has 0 aliphatic carbocycles. The van der Waals surface area contributed by atoms with Crippen LogP contribution < -0.4 is 4.72 Å². The van der Waals surface area contributed by atoms with Crippen molar-refractivity contribution < 1.29 is 18.3 Å². The molecule has 8 heteroatoms. The van der Waals surface area contributed by atoms with Gasteiger partial charge < -0.3 is 9.67 Å². The van der Waals surface area contributed by atoms with Crippen LogP contribution in [0.1, 0.15) is 17.0 Å². The van der Waals surface area contributed by atoms with Gasteiger partial charge in [0.05, 0.1) is 15.9 Å². The number of rotatable bonds is 8. The SMILES string of the molecule is Cc1nc2ccccc2n1Cc1ccc(S(=O)(=O)N[C@@H](Cc2ccccc2)C(=O)O)cc1. The van der Waals surface area contributed by atoms with E-state index in [1.54, 1.807) is 36.4 Å². The Bertz CT molecular complexity index is 1350. The van der Waals surface area contributed by atoms with Gasteiger partial charge in [-0.3, -0.25) is 4.79 Å². The van der Waals surface area contributed by atoms with E-state index < -0.39 is 22.0 Å². The van der Waals surface area contributed by atoms with Crippen molar-refractivity contribution in [3.63, 3.8) is 0 Å². The molecule has 1 heterocycles. The van der Waals surface area contributed by atoms with Gasteiger partial charge in [0.1, 0.15) is 11.9 Å². The number of aliphatic carboxylic acids is 1. The molecule has 0 spiro atoms. The summed E-state index contributed by atoms with van der Waals surface area (Å²) in [6.07, 6.45) is 0.0560. The summed E-state index contributed by atoms with van der Waals surface area (Å²) in [4.78, 5) is 16.2. The first-order valence-corrected chi connectivity index (χ1v) is 11.6. The molecule has 0 amide bonds. The lowest BCUT2D eigenvalue weighted by atomic mass is 10.1. The van der Waals surface area contributed by atoms with Gasteiger partial charge >= 0.3 is 5.97 Å². The highest BCUT2D eigenvalue weighted by atomic mass is 32.2. The number of aromatic nitrogens is 2. The van der Waals surface area contributed by atoms with Gasteiger partial charge in [0.2, 0.25) is 10.0 Å². The third-order valence-corrected chi connectivity index (χ3v) is 6.79. The second-order valence-electron chi connectivity index (χ2n) is 7.58. The van der Waals surface area contributed by atoms with Crippen LogP contribution >= 0.6 is 0 Å². The van der Waals surface area contributed by atoms with Gasteiger partial charge in [-0.25, -0.2) is 13.4 Å². The fourth-order valence-corrected chi connectivity index (χ4v) is 4.83. The number of nitrogens with zero attached hydrogens (tertiary/aromatic N) is 2. The number of nitrogens with one attached hydrogen (secondary N) is 1. The molecule has 164 valence electrons. The van der Waals surface area contributed by atoms with E-state index in [2.05, 4.69) is 14.3 Å². The monoisotopic (exact) mass is 449 g/mol. The van der Waals surface area contributed by atoms with Crippen LogP contribution in [-0.2, 0) is 27.8 Å². The fraction of sp³-hybridized carbons (Fsp3) is 0.167. The third kappa shape index (κ3) is 4.71. The maximum absolute atomic E-state index is 12.8. The minimum Gasteiger partial charge on any atom is -0.480 e. The molecule has 4 rings (SSSR count). The van der Waals surface area contributed by atoms with Gasteiger partial charge in [0.25, 0.3) is 0 Å². The lowest BCUT2D eigenvalue weighted by Crippen LogP contribution is -2.42. The average Bonchev–Trinajstić information content (AvgIpc) is 3.09. The van der Waals surface area contributed by atoms with Crippen LogP contribution in [0.5, 0.6) is 0 Å². The van der Waals surface area contributed by atoms with E-state index in [0.717, 1.165) is 28.0 Å². The zero-order chi connectivity index (χ0) is 22.7. The highest BCUT2D eigenvalue weighted by Gasteiger charge is 2.25. The molecule has 0 aliphatic rings. The molecule has 2 N–H and O–H groups in total. The first-order chi connectivity index (χ1) is 15.3. The molecule has 0 bridgehead atoms. The van der Waals surface area contributed by atoms with E-state index in [9.17, 15) is 18.3 Å². The maximum atomic E-state index is 12.8. The van der Waals surface area contributed by atoms with Crippen LogP contribution in [0.2, 0.25) is 0 Å². The summed E-state index contributed by atoms with van der Waals surface area (Å²) in [6.45, 7) is 2.48. The van der Waals surface area contributed by atoms with Crippen LogP contribution in [0.3, 0.4) is 0 Å². The van der Waals surface area contributed by atoms with Crippen molar-refractivity contribution in [2.45, 2.75) is 30.8 Å². The lowest BCUT2D eigenvalue weighted by molar-refractivity contribution is -0.138. The number of carboxylic acid groups (broad SMARTS) is 1. The minimum absolute atomic E-state index is 0.0211. The van der Waals surface area contributed by atoms with Gasteiger partial charge in [-0.15, -0.1) is 0 Å². The largest absolute Gasteiger partial charge is 0.480 e. The standard InChI is InChI=1S/C24H23N3O4S/c1-17-25-21-9-5-6-10-23(21)27(17)16-19-11-13-20(14-12-19)32(30,31)26-22(24(28)29)15-18-7-3-2-4-8-18/h2-14,22,26H,15-16H2,1H3,(H,28,29)/t22-/m0/s1. The number of aryl methyl sites for hydroxylation is 1. The Morgan fingerprint density at radius 2 is 1.62 bits per heavy atom. The molecule has 32 heavy (non-hydrogen) atoms. The Morgan fingerprint density at radius 3 is 2.31 bits per heavy atom. The summed E-state index contributed by atoms with van der Waals surface area (Å²) in [6, 6.07) is 21.9. The second kappa shape index (κ2) is 8.94. The Kier molecular flexibility index (Phi) is 6.07. The number of hydrogen-bond donors (Lipinski definition) is 2. The van der Waals surface area contributed by atoms with Crippen molar-refractivity contribution in [2.75, 3.05) is 0 Å². The van der Waals surface area contributed by atoms with Crippen LogP contribution in [0, 0.1) is 6.92 Å². The predicted octanol–water partition coefficient (Wildman–Crippen LogP) is 3.37. The molecular formula is C24H23N3O4S. The molecule has 0 aliphatic heterocycles. The topological polar surface area (TPSA) is 101 Å². The van der Waals surface area contributed by atoms with Crippen molar-refractivity contribution in [3.8, 4) is 0 Å². The zero-order valence-electron chi connectivity index (χ0n) is 17.5. The summed E-state index contributed by atoms with van der Waals surface area (Å²) in [5, 5.41) is 9.51. The molecule has 3 aromatic carbocycles. The smallest absolute Gasteiger partial charge is 0.322 e. The quantitative estimate of drug-likeness (QED) is 0.430. The number of imidazole rings is 1. The molecule has 4 aromatic rings. The highest BCUT2D eigenvalue weighted by Crippen LogP contribution is 2.19. The first-order valence-electron chi connectivity index (χ1n) is 10.1. The molecule has 0 saturated carbocycles. The number of hydrogen-bond acceptors (Lipinski definition) is 4. The average molecular weight is 450 g/mol. The summed E-state index contributed by atoms with van der Waals surface area (Å²) >= 11 is 0. The van der Waals surface area contributed by atoms with Gasteiger partial charge in [0.15, 0.2) is 0 Å². The molecule has 0 fully saturated rings. The van der Waals surface area contributed by atoms with E-state index in [4.69, 9.17) is 0 Å². The van der Waals surface area contributed by atoms with Gasteiger partial charge in [-0.2, -0.15) is 4.72 Å². The van der Waals surface area contributed by atoms with Gasteiger partial charge in [0, 0.05) is 6.54 Å². The summed E-state index contributed by atoms with van der Waals surface area (Å²) in [7, 11) is -4.00. The fourth-order valence-electron chi connectivity index (χ4n) is 3.64. The number of fused-ring (bicyclic) bond motifs is 1. The van der Waals surface area contributed by atoms with Crippen molar-refractivity contribution >= 4 is 27.0 Å². The number of sulfonamides is 1. The number of carbonyl (C=O) groups is 1. The van der Waals surface area contributed by atoms with Gasteiger partial charge in [-0.05, 0) is 48.7 Å². The third-order valence-electron chi connectivity index (χ3n) is 5.30. The van der Waals surface area contributed by atoms with E-state index in [1.807, 2.05) is 37.3 Å². The van der Waals surface area contributed by atoms with Crippen molar-refractivity contribution in [1.82, 2.24) is 14.3 Å². The number of carboxylic acids is 1. The molecule has 7 nitrogen and oxygen atoms in total. The second-order valence-corrected chi connectivity index (χ2v) is 9.29. The molecule has 0 unspecified atom stereocenters. The normalized spacial score (nSPS) is 12.7. The van der Waals surface area contributed by atoms with Crippen molar-refractivity contribution in [3.05, 3.63) is 95.8 Å². The Hall–Kier alpha value is -3.49. The summed E-state index contributed by atoms with van der Waals surface area (Å²) < 4.78 is 30.0. The number of benzene rings is 3. The highest BCUT2D eigenvalue weighted by molar-refractivity contribution is 7.89. The Morgan fingerprint density at radius 1 is 0.969 bits per heavy atom. The Labute approximate surface area is 186 Å². The first kappa shape index (κ1) is 21.7. The summed E-state index contributed by atoms with van der Waals surface area (Å²) in [5.74, 6) is -0.355. The van der Waals surface area contributed by atoms with E-state index in [0.29, 0.717) is 6.54 Å². The van der Waals surface area contributed by atoms with Crippen LogP contribution in [0.25, 0.3) is 11.0 Å². The van der Waals surface area contributed by atoms with Crippen molar-refractivity contribution in [1.29, 1.82) is 0 Å². The lowest BCUT2D eigenvalue weighted by Gasteiger charge is -2.15. The van der Waals surface area contributed by atoms with Crippen LogP contribution in [-0.4, -0.2) is 35.1 Å². The minimum atomic E-state index is -4.00. The molecule has 0 saturated heterocycles. The molecule has 1 aromatic heterocycles. The van der Waals surface area contributed by atoms with Crippen LogP contribution in [0.15, 0.2) is 83.8 Å². The predicted molar refractivity (Wildman–Crippen MR) is 122 cm³/mol. The Balaban J connectivity index is 1.52.